The third-order valence-electron chi connectivity index (χ3n) is 4.28. The monoisotopic (exact) mass is 298 g/mol. The van der Waals surface area contributed by atoms with Crippen LogP contribution in [0, 0.1) is 0 Å². The van der Waals surface area contributed by atoms with Gasteiger partial charge in [0.1, 0.15) is 25.0 Å². The van der Waals surface area contributed by atoms with Crippen LogP contribution in [0.5, 0.6) is 5.75 Å². The number of aliphatic hydroxyl groups is 1. The van der Waals surface area contributed by atoms with Gasteiger partial charge in [0.15, 0.2) is 0 Å². The van der Waals surface area contributed by atoms with Gasteiger partial charge in [-0.05, 0) is 45.2 Å². The molecule has 112 valence electrons. The molecule has 1 aliphatic rings. The number of aliphatic hydroxyl groups excluding tert-OH is 1. The second-order valence-corrected chi connectivity index (χ2v) is 6.31. The maximum absolute atomic E-state index is 10.2. The van der Waals surface area contributed by atoms with Crippen molar-refractivity contribution in [2.45, 2.75) is 51.3 Å². The number of hydrogen-bond acceptors (Lipinski definition) is 2. The molecule has 1 aliphatic heterocycles. The average molecular weight is 299 g/mol. The largest absolute Gasteiger partial charge is 0.489 e. The van der Waals surface area contributed by atoms with E-state index in [1.807, 2.05) is 18.2 Å². The highest BCUT2D eigenvalue weighted by atomic mass is 35.5. The molecule has 3 nitrogen and oxygen atoms in total. The van der Waals surface area contributed by atoms with Crippen molar-refractivity contribution >= 4 is 11.6 Å². The summed E-state index contributed by atoms with van der Waals surface area (Å²) in [7, 11) is 0. The fraction of sp³-hybridized carbons (Fsp3) is 0.625. The standard InChI is InChI=1S/C16H24ClNO2/c1-12-6-5-7-13(2)18(12)10-14(19)11-20-16-9-4-3-8-15(16)17/h3-4,8-9,12-14,19H,5-7,10-11H2,1-2H3/p+1/t12-,13-,14+/m1/s1. The fourth-order valence-corrected chi connectivity index (χ4v) is 3.26. The Kier molecular flexibility index (Phi) is 5.70. The second-order valence-electron chi connectivity index (χ2n) is 5.91. The van der Waals surface area contributed by atoms with Crippen LogP contribution in [0.1, 0.15) is 33.1 Å². The van der Waals surface area contributed by atoms with Crippen molar-refractivity contribution in [3.8, 4) is 5.75 Å². The lowest BCUT2D eigenvalue weighted by atomic mass is 9.97. The van der Waals surface area contributed by atoms with E-state index in [2.05, 4.69) is 13.8 Å². The van der Waals surface area contributed by atoms with Gasteiger partial charge in [-0.25, -0.2) is 0 Å². The van der Waals surface area contributed by atoms with Gasteiger partial charge in [0, 0.05) is 0 Å². The molecule has 0 aliphatic carbocycles. The zero-order chi connectivity index (χ0) is 14.5. The van der Waals surface area contributed by atoms with Crippen LogP contribution in [0.2, 0.25) is 5.02 Å². The SMILES string of the molecule is C[C@@H]1CCC[C@@H](C)[NH+]1C[C@H](O)COc1ccccc1Cl. The molecule has 3 atom stereocenters. The summed E-state index contributed by atoms with van der Waals surface area (Å²) in [5, 5.41) is 10.8. The third-order valence-corrected chi connectivity index (χ3v) is 4.59. The van der Waals surface area contributed by atoms with E-state index in [0.29, 0.717) is 29.5 Å². The lowest BCUT2D eigenvalue weighted by molar-refractivity contribution is -0.954. The van der Waals surface area contributed by atoms with Gasteiger partial charge in [0.05, 0.1) is 17.1 Å². The van der Waals surface area contributed by atoms with E-state index in [1.165, 1.54) is 24.2 Å². The number of likely N-dealkylation sites (tertiary alicyclic amines) is 1. The van der Waals surface area contributed by atoms with Gasteiger partial charge in [-0.15, -0.1) is 0 Å². The van der Waals surface area contributed by atoms with Crippen molar-refractivity contribution in [1.29, 1.82) is 0 Å². The Morgan fingerprint density at radius 1 is 1.30 bits per heavy atom. The van der Waals surface area contributed by atoms with Crippen molar-refractivity contribution in [2.24, 2.45) is 0 Å². The van der Waals surface area contributed by atoms with E-state index in [-0.39, 0.29) is 0 Å². The Morgan fingerprint density at radius 2 is 1.95 bits per heavy atom. The highest BCUT2D eigenvalue weighted by Gasteiger charge is 2.30. The molecule has 1 heterocycles. The van der Waals surface area contributed by atoms with E-state index in [0.717, 1.165) is 6.54 Å². The van der Waals surface area contributed by atoms with Crippen LogP contribution in [0.25, 0.3) is 0 Å². The van der Waals surface area contributed by atoms with Crippen LogP contribution in [-0.2, 0) is 0 Å². The van der Waals surface area contributed by atoms with E-state index in [9.17, 15) is 5.11 Å². The predicted octanol–water partition coefficient (Wildman–Crippen LogP) is 1.93. The number of benzene rings is 1. The van der Waals surface area contributed by atoms with E-state index < -0.39 is 6.10 Å². The second kappa shape index (κ2) is 7.30. The van der Waals surface area contributed by atoms with Crippen LogP contribution in [0.3, 0.4) is 0 Å². The van der Waals surface area contributed by atoms with Gasteiger partial charge < -0.3 is 14.7 Å². The molecule has 0 unspecified atom stereocenters. The molecule has 2 N–H and O–H groups in total. The number of quaternary nitrogens is 1. The highest BCUT2D eigenvalue weighted by Crippen LogP contribution is 2.23. The quantitative estimate of drug-likeness (QED) is 0.871. The smallest absolute Gasteiger partial charge is 0.138 e. The zero-order valence-electron chi connectivity index (χ0n) is 12.3. The van der Waals surface area contributed by atoms with Gasteiger partial charge in [-0.1, -0.05) is 23.7 Å². The van der Waals surface area contributed by atoms with E-state index in [1.54, 1.807) is 6.07 Å². The Labute approximate surface area is 126 Å². The zero-order valence-corrected chi connectivity index (χ0v) is 13.1. The minimum absolute atomic E-state index is 0.298. The first-order valence-electron chi connectivity index (χ1n) is 7.49. The first kappa shape index (κ1) is 15.6. The van der Waals surface area contributed by atoms with Gasteiger partial charge in [-0.3, -0.25) is 0 Å². The van der Waals surface area contributed by atoms with E-state index in [4.69, 9.17) is 16.3 Å². The molecule has 2 rings (SSSR count). The minimum Gasteiger partial charge on any atom is -0.489 e. The summed E-state index contributed by atoms with van der Waals surface area (Å²) < 4.78 is 5.62. The molecule has 1 aromatic rings. The summed E-state index contributed by atoms with van der Waals surface area (Å²) in [6.45, 7) is 5.58. The molecule has 0 aromatic heterocycles. The normalized spacial score (nSPS) is 25.4. The molecular weight excluding hydrogens is 274 g/mol. The Bertz CT molecular complexity index is 417. The number of hydrogen-bond donors (Lipinski definition) is 2. The molecule has 4 heteroatoms. The minimum atomic E-state index is -0.454. The van der Waals surface area contributed by atoms with Crippen molar-refractivity contribution in [3.63, 3.8) is 0 Å². The first-order chi connectivity index (χ1) is 9.58. The fourth-order valence-electron chi connectivity index (χ4n) is 3.07. The van der Waals surface area contributed by atoms with Gasteiger partial charge in [0.2, 0.25) is 0 Å². The lowest BCUT2D eigenvalue weighted by Crippen LogP contribution is -3.20. The maximum Gasteiger partial charge on any atom is 0.138 e. The van der Waals surface area contributed by atoms with Crippen molar-refractivity contribution in [2.75, 3.05) is 13.2 Å². The van der Waals surface area contributed by atoms with Crippen LogP contribution < -0.4 is 9.64 Å². The Balaban J connectivity index is 1.83. The topological polar surface area (TPSA) is 33.9 Å². The van der Waals surface area contributed by atoms with Crippen LogP contribution in [0.15, 0.2) is 24.3 Å². The summed E-state index contributed by atoms with van der Waals surface area (Å²) in [5.41, 5.74) is 0. The number of ether oxygens (including phenoxy) is 1. The molecule has 1 fully saturated rings. The van der Waals surface area contributed by atoms with Crippen molar-refractivity contribution in [3.05, 3.63) is 29.3 Å². The molecule has 0 saturated carbocycles. The number of piperidine rings is 1. The number of nitrogens with one attached hydrogen (secondary N) is 1. The van der Waals surface area contributed by atoms with Crippen molar-refractivity contribution < 1.29 is 14.7 Å². The molecule has 0 radical (unpaired) electrons. The van der Waals surface area contributed by atoms with Crippen LogP contribution >= 0.6 is 11.6 Å². The molecule has 1 saturated heterocycles. The summed E-state index contributed by atoms with van der Waals surface area (Å²) in [6, 6.07) is 8.61. The van der Waals surface area contributed by atoms with Crippen LogP contribution in [-0.4, -0.2) is 36.4 Å². The number of halogens is 1. The summed E-state index contributed by atoms with van der Waals surface area (Å²) >= 11 is 6.03. The lowest BCUT2D eigenvalue weighted by Gasteiger charge is -2.36. The molecule has 20 heavy (non-hydrogen) atoms. The van der Waals surface area contributed by atoms with Gasteiger partial charge >= 0.3 is 0 Å². The average Bonchev–Trinajstić information content (AvgIpc) is 2.42. The Hall–Kier alpha value is -0.770. The summed E-state index contributed by atoms with van der Waals surface area (Å²) in [5.74, 6) is 0.642. The summed E-state index contributed by atoms with van der Waals surface area (Å²) in [6.07, 6.45) is 3.34. The molecular formula is C16H25ClNO2+. The van der Waals surface area contributed by atoms with Crippen LogP contribution in [0.4, 0.5) is 0 Å². The third kappa shape index (κ3) is 4.11. The molecule has 1 aromatic carbocycles. The molecule has 0 amide bonds. The van der Waals surface area contributed by atoms with E-state index >= 15 is 0 Å². The molecule has 0 spiro atoms. The number of para-hydroxylation sites is 1. The first-order valence-corrected chi connectivity index (χ1v) is 7.86. The summed E-state index contributed by atoms with van der Waals surface area (Å²) in [4.78, 5) is 1.49. The number of rotatable bonds is 5. The Morgan fingerprint density at radius 3 is 2.60 bits per heavy atom. The van der Waals surface area contributed by atoms with Crippen molar-refractivity contribution in [1.82, 2.24) is 0 Å². The maximum atomic E-state index is 10.2. The highest BCUT2D eigenvalue weighted by molar-refractivity contribution is 6.32. The van der Waals surface area contributed by atoms with Gasteiger partial charge in [0.25, 0.3) is 0 Å². The predicted molar refractivity (Wildman–Crippen MR) is 81.6 cm³/mol. The van der Waals surface area contributed by atoms with Gasteiger partial charge in [-0.2, -0.15) is 0 Å². The molecule has 0 bridgehead atoms.